The van der Waals surface area contributed by atoms with Gasteiger partial charge in [-0.15, -0.1) is 0 Å². The molecule has 4 aromatic rings. The molecule has 1 amide bonds. The van der Waals surface area contributed by atoms with Crippen LogP contribution in [-0.2, 0) is 7.05 Å². The van der Waals surface area contributed by atoms with Gasteiger partial charge in [0.1, 0.15) is 5.52 Å². The average molecular weight is 471 g/mol. The fraction of sp³-hybridized carbons (Fsp3) is 0.379. The highest BCUT2D eigenvalue weighted by atomic mass is 16.2. The molecule has 2 aromatic carbocycles. The lowest BCUT2D eigenvalue weighted by Crippen LogP contribution is -2.32. The van der Waals surface area contributed by atoms with Crippen LogP contribution in [0.2, 0.25) is 0 Å². The number of fused-ring (bicyclic) bond motifs is 3. The normalized spacial score (nSPS) is 14.1. The maximum Gasteiger partial charge on any atom is 0.275 e. The molecule has 1 aliphatic rings. The smallest absolute Gasteiger partial charge is 0.275 e. The number of amides is 1. The topological polar surface area (TPSA) is 59.3 Å². The first kappa shape index (κ1) is 23.2. The van der Waals surface area contributed by atoms with E-state index < -0.39 is 0 Å². The molecule has 1 N–H and O–H groups in total. The lowest BCUT2D eigenvalue weighted by atomic mass is 10.1. The van der Waals surface area contributed by atoms with Gasteiger partial charge in [0.15, 0.2) is 0 Å². The van der Waals surface area contributed by atoms with Gasteiger partial charge in [0.05, 0.1) is 5.56 Å². The molecule has 182 valence electrons. The summed E-state index contributed by atoms with van der Waals surface area (Å²) in [6, 6.07) is 18.5. The Bertz CT molecular complexity index is 1400. The summed E-state index contributed by atoms with van der Waals surface area (Å²) in [4.78, 5) is 29.4. The summed E-state index contributed by atoms with van der Waals surface area (Å²) in [6.45, 7) is 4.51. The predicted molar refractivity (Wildman–Crippen MR) is 143 cm³/mol. The van der Waals surface area contributed by atoms with Crippen LogP contribution in [0.15, 0.2) is 65.6 Å². The Hall–Kier alpha value is -3.54. The third-order valence-corrected chi connectivity index (χ3v) is 7.44. The number of benzene rings is 2. The molecule has 0 spiro atoms. The van der Waals surface area contributed by atoms with Gasteiger partial charge in [0, 0.05) is 60.9 Å². The van der Waals surface area contributed by atoms with Crippen molar-refractivity contribution >= 4 is 33.4 Å². The minimum atomic E-state index is -0.110. The van der Waals surface area contributed by atoms with Crippen LogP contribution in [0.1, 0.15) is 55.4 Å². The maximum atomic E-state index is 13.6. The van der Waals surface area contributed by atoms with Crippen molar-refractivity contribution in [3.8, 4) is 0 Å². The molecule has 6 nitrogen and oxygen atoms in total. The number of pyridine rings is 1. The highest BCUT2D eigenvalue weighted by Gasteiger charge is 2.25. The van der Waals surface area contributed by atoms with E-state index in [-0.39, 0.29) is 17.5 Å². The van der Waals surface area contributed by atoms with Gasteiger partial charge in [-0.2, -0.15) is 0 Å². The van der Waals surface area contributed by atoms with E-state index in [2.05, 4.69) is 41.4 Å². The van der Waals surface area contributed by atoms with Gasteiger partial charge in [-0.3, -0.25) is 9.59 Å². The summed E-state index contributed by atoms with van der Waals surface area (Å²) in [5.41, 5.74) is 3.39. The Morgan fingerprint density at radius 1 is 1.06 bits per heavy atom. The molecule has 35 heavy (non-hydrogen) atoms. The van der Waals surface area contributed by atoms with Crippen molar-refractivity contribution in [2.45, 2.75) is 45.1 Å². The van der Waals surface area contributed by atoms with Crippen molar-refractivity contribution in [2.75, 3.05) is 24.5 Å². The van der Waals surface area contributed by atoms with Gasteiger partial charge in [0.2, 0.25) is 0 Å². The fourth-order valence-electron chi connectivity index (χ4n) is 5.60. The molecule has 0 bridgehead atoms. The second-order valence-corrected chi connectivity index (χ2v) is 9.52. The van der Waals surface area contributed by atoms with Gasteiger partial charge in [-0.05, 0) is 44.4 Å². The number of para-hydroxylation sites is 2. The highest BCUT2D eigenvalue weighted by Crippen LogP contribution is 2.33. The summed E-state index contributed by atoms with van der Waals surface area (Å²) in [5, 5.41) is 4.86. The van der Waals surface area contributed by atoms with Crippen LogP contribution >= 0.6 is 0 Å². The number of aryl methyl sites for hydroxylation is 1. The van der Waals surface area contributed by atoms with Crippen LogP contribution in [-0.4, -0.2) is 34.7 Å². The predicted octanol–water partition coefficient (Wildman–Crippen LogP) is 5.25. The van der Waals surface area contributed by atoms with E-state index in [1.165, 1.54) is 5.69 Å². The van der Waals surface area contributed by atoms with E-state index in [9.17, 15) is 9.59 Å². The van der Waals surface area contributed by atoms with Crippen LogP contribution in [0, 0.1) is 0 Å². The van der Waals surface area contributed by atoms with Crippen LogP contribution in [0.3, 0.4) is 0 Å². The number of nitrogens with zero attached hydrogens (tertiary/aromatic N) is 3. The Morgan fingerprint density at radius 3 is 2.51 bits per heavy atom. The molecule has 0 saturated heterocycles. The monoisotopic (exact) mass is 470 g/mol. The summed E-state index contributed by atoms with van der Waals surface area (Å²) >= 11 is 0. The van der Waals surface area contributed by atoms with E-state index >= 15 is 0 Å². The first-order valence-electron chi connectivity index (χ1n) is 12.8. The van der Waals surface area contributed by atoms with Crippen molar-refractivity contribution in [3.05, 3.63) is 76.7 Å². The number of anilines is 1. The Morgan fingerprint density at radius 2 is 1.77 bits per heavy atom. The number of nitrogens with one attached hydrogen (secondary N) is 1. The van der Waals surface area contributed by atoms with Crippen molar-refractivity contribution in [3.63, 3.8) is 0 Å². The zero-order chi connectivity index (χ0) is 24.4. The molecule has 1 saturated carbocycles. The lowest BCUT2D eigenvalue weighted by Gasteiger charge is -2.23. The van der Waals surface area contributed by atoms with Crippen LogP contribution < -0.4 is 15.8 Å². The fourth-order valence-corrected chi connectivity index (χ4v) is 5.60. The van der Waals surface area contributed by atoms with E-state index in [0.29, 0.717) is 17.6 Å². The molecule has 2 aromatic heterocycles. The van der Waals surface area contributed by atoms with Gasteiger partial charge < -0.3 is 19.4 Å². The number of hydrogen-bond acceptors (Lipinski definition) is 3. The van der Waals surface area contributed by atoms with Crippen LogP contribution in [0.25, 0.3) is 21.8 Å². The molecule has 0 atom stereocenters. The minimum absolute atomic E-state index is 0.00333. The first-order chi connectivity index (χ1) is 17.1. The third-order valence-electron chi connectivity index (χ3n) is 7.44. The second-order valence-electron chi connectivity index (χ2n) is 9.52. The van der Waals surface area contributed by atoms with Crippen molar-refractivity contribution in [1.82, 2.24) is 14.5 Å². The molecule has 1 aliphatic carbocycles. The van der Waals surface area contributed by atoms with Crippen molar-refractivity contribution < 1.29 is 4.79 Å². The van der Waals surface area contributed by atoms with E-state index in [4.69, 9.17) is 0 Å². The Labute approximate surface area is 206 Å². The van der Waals surface area contributed by atoms with Gasteiger partial charge in [-0.25, -0.2) is 0 Å². The minimum Gasteiger partial charge on any atom is -0.372 e. The largest absolute Gasteiger partial charge is 0.372 e. The molecular weight excluding hydrogens is 436 g/mol. The third kappa shape index (κ3) is 4.33. The molecule has 2 heterocycles. The Kier molecular flexibility index (Phi) is 6.62. The zero-order valence-electron chi connectivity index (χ0n) is 20.7. The zero-order valence-corrected chi connectivity index (χ0v) is 20.7. The average Bonchev–Trinajstić information content (AvgIpc) is 3.52. The van der Waals surface area contributed by atoms with Crippen LogP contribution in [0.4, 0.5) is 5.69 Å². The summed E-state index contributed by atoms with van der Waals surface area (Å²) in [6.07, 6.45) is 6.90. The van der Waals surface area contributed by atoms with Crippen LogP contribution in [0.5, 0.6) is 0 Å². The SMILES string of the molecule is CCN(CCCNC(=O)c1cn(C2CCCC2)c(=O)c2c1c1ccccc1n2C)c1ccccc1. The number of rotatable bonds is 8. The lowest BCUT2D eigenvalue weighted by molar-refractivity contribution is 0.0954. The molecule has 0 aliphatic heterocycles. The summed E-state index contributed by atoms with van der Waals surface area (Å²) in [5.74, 6) is -0.110. The number of carbonyl (C=O) groups is 1. The molecule has 1 fully saturated rings. The van der Waals surface area contributed by atoms with E-state index in [1.807, 2.05) is 52.7 Å². The second kappa shape index (κ2) is 9.98. The van der Waals surface area contributed by atoms with E-state index in [1.54, 1.807) is 0 Å². The summed E-state index contributed by atoms with van der Waals surface area (Å²) < 4.78 is 3.78. The first-order valence-corrected chi connectivity index (χ1v) is 12.8. The van der Waals surface area contributed by atoms with E-state index in [0.717, 1.165) is 61.5 Å². The molecular formula is C29H34N4O2. The molecule has 6 heteroatoms. The quantitative estimate of drug-likeness (QED) is 0.358. The maximum absolute atomic E-state index is 13.6. The highest BCUT2D eigenvalue weighted by molar-refractivity contribution is 6.17. The van der Waals surface area contributed by atoms with Gasteiger partial charge in [0.25, 0.3) is 11.5 Å². The number of hydrogen-bond donors (Lipinski definition) is 1. The van der Waals surface area contributed by atoms with Gasteiger partial charge >= 0.3 is 0 Å². The number of carbonyl (C=O) groups excluding carboxylic acids is 1. The Balaban J connectivity index is 1.43. The number of aromatic nitrogens is 2. The molecule has 0 unspecified atom stereocenters. The molecule has 0 radical (unpaired) electrons. The van der Waals surface area contributed by atoms with Crippen molar-refractivity contribution in [1.29, 1.82) is 0 Å². The standard InChI is InChI=1S/C29H34N4O2/c1-3-32(21-12-5-4-6-13-21)19-11-18-30-28(34)24-20-33(22-14-7-8-15-22)29(35)27-26(24)23-16-9-10-17-25(23)31(27)2/h4-6,9-10,12-13,16-17,20,22H,3,7-8,11,14-15,18-19H2,1-2H3,(H,30,34). The van der Waals surface area contributed by atoms with Gasteiger partial charge in [-0.1, -0.05) is 49.2 Å². The molecule has 5 rings (SSSR count). The summed E-state index contributed by atoms with van der Waals surface area (Å²) in [7, 11) is 1.93. The van der Waals surface area contributed by atoms with Crippen molar-refractivity contribution in [2.24, 2.45) is 7.05 Å².